The van der Waals surface area contributed by atoms with Crippen molar-refractivity contribution in [1.82, 2.24) is 0 Å². The molecule has 0 spiro atoms. The Hall–Kier alpha value is -4.66. The molecule has 0 radical (unpaired) electrons. The Morgan fingerprint density at radius 2 is 1.72 bits per heavy atom. The number of aromatic hydroxyl groups is 1. The number of amides is 2. The molecule has 2 atom stereocenters. The van der Waals surface area contributed by atoms with E-state index in [9.17, 15) is 23.9 Å². The summed E-state index contributed by atoms with van der Waals surface area (Å²) in [7, 11) is 0. The zero-order chi connectivity index (χ0) is 26.2. The van der Waals surface area contributed by atoms with Crippen LogP contribution in [0.3, 0.4) is 0 Å². The lowest BCUT2D eigenvalue weighted by atomic mass is 9.96. The fraction of sp³-hybridized carbons (Fsp3) is 0.148. The van der Waals surface area contributed by atoms with Gasteiger partial charge in [0.1, 0.15) is 6.10 Å². The van der Waals surface area contributed by atoms with Crippen molar-refractivity contribution in [3.05, 3.63) is 95.8 Å². The van der Waals surface area contributed by atoms with Crippen LogP contribution in [-0.4, -0.2) is 22.9 Å². The zero-order valence-electron chi connectivity index (χ0n) is 19.7. The summed E-state index contributed by atoms with van der Waals surface area (Å²) < 4.78 is 19.6. The van der Waals surface area contributed by atoms with E-state index in [0.29, 0.717) is 22.6 Å². The van der Waals surface area contributed by atoms with Crippen molar-refractivity contribution >= 4 is 34.8 Å². The molecular weight excluding hydrogens is 465 g/mol. The summed E-state index contributed by atoms with van der Waals surface area (Å²) in [6, 6.07) is 16.6. The van der Waals surface area contributed by atoms with Gasteiger partial charge in [0.15, 0.2) is 17.3 Å². The quantitative estimate of drug-likeness (QED) is 0.189. The maximum absolute atomic E-state index is 14.1. The highest BCUT2D eigenvalue weighted by Crippen LogP contribution is 2.30. The lowest BCUT2D eigenvalue weighted by Crippen LogP contribution is -2.21. The van der Waals surface area contributed by atoms with E-state index in [1.54, 1.807) is 55.5 Å². The number of nitrogens with two attached hydrogens (primary N) is 1. The average molecular weight is 492 g/mol. The molecule has 0 aromatic heterocycles. The SMILES string of the molecule is CC(=O)c1ccc(NC(=O)O[C@@H](c2ccc(O)c(F)c2)[C@H](C)/C=C/C(=O)Nc2ccccc2N)cc1. The fourth-order valence-electron chi connectivity index (χ4n) is 3.36. The normalized spacial score (nSPS) is 12.5. The third kappa shape index (κ3) is 6.92. The standard InChI is InChI=1S/C27H26FN3O5/c1-16(7-14-25(34)31-23-6-4-3-5-22(23)29)26(19-10-13-24(33)21(28)15-19)36-27(35)30-20-11-8-18(9-12-20)17(2)32/h3-16,26,33H,29H2,1-2H3,(H,30,35)(H,31,34)/b14-7+/t16-,26-/m1/s1. The van der Waals surface area contributed by atoms with Crippen LogP contribution < -0.4 is 16.4 Å². The second kappa shape index (κ2) is 11.7. The first-order valence-electron chi connectivity index (χ1n) is 11.0. The van der Waals surface area contributed by atoms with Crippen LogP contribution in [0, 0.1) is 11.7 Å². The van der Waals surface area contributed by atoms with E-state index in [1.807, 2.05) is 0 Å². The van der Waals surface area contributed by atoms with Crippen LogP contribution in [-0.2, 0) is 9.53 Å². The van der Waals surface area contributed by atoms with Gasteiger partial charge in [-0.2, -0.15) is 0 Å². The van der Waals surface area contributed by atoms with Gasteiger partial charge in [0.25, 0.3) is 0 Å². The van der Waals surface area contributed by atoms with Crippen molar-refractivity contribution in [3.63, 3.8) is 0 Å². The molecule has 36 heavy (non-hydrogen) atoms. The van der Waals surface area contributed by atoms with E-state index < -0.39 is 35.6 Å². The van der Waals surface area contributed by atoms with Gasteiger partial charge in [-0.05, 0) is 67.1 Å². The Morgan fingerprint density at radius 1 is 1.03 bits per heavy atom. The van der Waals surface area contributed by atoms with Crippen LogP contribution in [0.4, 0.5) is 26.2 Å². The first kappa shape index (κ1) is 26.0. The number of anilines is 3. The molecule has 0 bridgehead atoms. The first-order chi connectivity index (χ1) is 17.1. The number of phenolic OH excluding ortho intramolecular Hbond substituents is 1. The maximum atomic E-state index is 14.1. The van der Waals surface area contributed by atoms with Crippen LogP contribution in [0.2, 0.25) is 0 Å². The molecule has 0 saturated carbocycles. The highest BCUT2D eigenvalue weighted by atomic mass is 19.1. The molecule has 3 aromatic rings. The number of halogens is 1. The number of carbonyl (C=O) groups excluding carboxylic acids is 3. The molecule has 9 heteroatoms. The molecule has 0 fully saturated rings. The van der Waals surface area contributed by atoms with Crippen LogP contribution >= 0.6 is 0 Å². The van der Waals surface area contributed by atoms with Gasteiger partial charge < -0.3 is 20.9 Å². The van der Waals surface area contributed by atoms with E-state index in [2.05, 4.69) is 10.6 Å². The number of ether oxygens (including phenoxy) is 1. The Labute approximate surface area is 207 Å². The highest BCUT2D eigenvalue weighted by molar-refractivity contribution is 6.01. The van der Waals surface area contributed by atoms with Crippen molar-refractivity contribution in [2.45, 2.75) is 20.0 Å². The van der Waals surface area contributed by atoms with Gasteiger partial charge in [-0.25, -0.2) is 9.18 Å². The maximum Gasteiger partial charge on any atom is 0.412 e. The highest BCUT2D eigenvalue weighted by Gasteiger charge is 2.24. The van der Waals surface area contributed by atoms with Gasteiger partial charge in [-0.15, -0.1) is 0 Å². The monoisotopic (exact) mass is 491 g/mol. The number of hydrogen-bond acceptors (Lipinski definition) is 6. The summed E-state index contributed by atoms with van der Waals surface area (Å²) in [4.78, 5) is 36.4. The number of carbonyl (C=O) groups is 3. The Bertz CT molecular complexity index is 1290. The number of benzene rings is 3. The first-order valence-corrected chi connectivity index (χ1v) is 11.0. The number of phenols is 1. The molecule has 3 rings (SSSR count). The van der Waals surface area contributed by atoms with Gasteiger partial charge in [0.2, 0.25) is 5.91 Å². The van der Waals surface area contributed by atoms with E-state index in [0.717, 1.165) is 12.1 Å². The number of Topliss-reactive ketones (excluding diaryl/α,β-unsaturated/α-hetero) is 1. The zero-order valence-corrected chi connectivity index (χ0v) is 19.7. The van der Waals surface area contributed by atoms with Gasteiger partial charge in [-0.1, -0.05) is 31.2 Å². The van der Waals surface area contributed by atoms with Crippen LogP contribution in [0.25, 0.3) is 0 Å². The Kier molecular flexibility index (Phi) is 8.40. The number of para-hydroxylation sites is 2. The van der Waals surface area contributed by atoms with Gasteiger partial charge >= 0.3 is 6.09 Å². The molecule has 0 aliphatic rings. The summed E-state index contributed by atoms with van der Waals surface area (Å²) in [5.74, 6) is -2.56. The van der Waals surface area contributed by atoms with Crippen LogP contribution in [0.1, 0.15) is 35.9 Å². The molecular formula is C27H26FN3O5. The fourth-order valence-corrected chi connectivity index (χ4v) is 3.36. The van der Waals surface area contributed by atoms with E-state index in [-0.39, 0.29) is 11.3 Å². The minimum atomic E-state index is -0.998. The van der Waals surface area contributed by atoms with Gasteiger partial charge in [0.05, 0.1) is 11.4 Å². The van der Waals surface area contributed by atoms with Gasteiger partial charge in [0, 0.05) is 17.2 Å². The summed E-state index contributed by atoms with van der Waals surface area (Å²) >= 11 is 0. The second-order valence-electron chi connectivity index (χ2n) is 8.09. The molecule has 0 saturated heterocycles. The summed E-state index contributed by atoms with van der Waals surface area (Å²) in [6.07, 6.45) is 0.954. The minimum Gasteiger partial charge on any atom is -0.505 e. The molecule has 0 heterocycles. The number of nitrogen functional groups attached to an aromatic ring is 1. The summed E-state index contributed by atoms with van der Waals surface area (Å²) in [5.41, 5.74) is 7.85. The molecule has 0 unspecified atom stereocenters. The largest absolute Gasteiger partial charge is 0.505 e. The van der Waals surface area contributed by atoms with E-state index >= 15 is 0 Å². The Balaban J connectivity index is 1.76. The summed E-state index contributed by atoms with van der Waals surface area (Å²) in [6.45, 7) is 3.12. The second-order valence-corrected chi connectivity index (χ2v) is 8.09. The van der Waals surface area contributed by atoms with Crippen molar-refractivity contribution < 1.29 is 28.6 Å². The molecule has 5 N–H and O–H groups in total. The van der Waals surface area contributed by atoms with Crippen molar-refractivity contribution in [2.75, 3.05) is 16.4 Å². The minimum absolute atomic E-state index is 0.113. The third-order valence-corrected chi connectivity index (χ3v) is 5.32. The predicted octanol–water partition coefficient (Wildman–Crippen LogP) is 5.44. The number of rotatable bonds is 8. The number of nitrogens with one attached hydrogen (secondary N) is 2. The molecule has 3 aromatic carbocycles. The van der Waals surface area contributed by atoms with Crippen LogP contribution in [0.5, 0.6) is 5.75 Å². The Morgan fingerprint density at radius 3 is 2.36 bits per heavy atom. The topological polar surface area (TPSA) is 131 Å². The van der Waals surface area contributed by atoms with Crippen LogP contribution in [0.15, 0.2) is 78.9 Å². The number of ketones is 1. The van der Waals surface area contributed by atoms with E-state index in [1.165, 1.54) is 25.1 Å². The third-order valence-electron chi connectivity index (χ3n) is 5.32. The molecule has 0 aliphatic carbocycles. The van der Waals surface area contributed by atoms with Crippen molar-refractivity contribution in [2.24, 2.45) is 5.92 Å². The molecule has 8 nitrogen and oxygen atoms in total. The molecule has 0 aliphatic heterocycles. The predicted molar refractivity (Wildman–Crippen MR) is 135 cm³/mol. The van der Waals surface area contributed by atoms with Crippen molar-refractivity contribution in [1.29, 1.82) is 0 Å². The van der Waals surface area contributed by atoms with Crippen molar-refractivity contribution in [3.8, 4) is 5.75 Å². The number of hydrogen-bond donors (Lipinski definition) is 4. The van der Waals surface area contributed by atoms with E-state index in [4.69, 9.17) is 10.5 Å². The smallest absolute Gasteiger partial charge is 0.412 e. The average Bonchev–Trinajstić information content (AvgIpc) is 2.84. The van der Waals surface area contributed by atoms with Gasteiger partial charge in [-0.3, -0.25) is 14.9 Å². The molecule has 186 valence electrons. The molecule has 2 amide bonds. The lowest BCUT2D eigenvalue weighted by molar-refractivity contribution is -0.111. The lowest BCUT2D eigenvalue weighted by Gasteiger charge is -2.23. The summed E-state index contributed by atoms with van der Waals surface area (Å²) in [5, 5.41) is 14.8.